The first-order chi connectivity index (χ1) is 17.1. The second-order valence-corrected chi connectivity index (χ2v) is 9.15. The fourth-order valence-electron chi connectivity index (χ4n) is 2.68. The molecule has 37 heavy (non-hydrogen) atoms. The first-order valence-corrected chi connectivity index (χ1v) is 12.1. The zero-order chi connectivity index (χ0) is 28.2. The van der Waals surface area contributed by atoms with E-state index in [-0.39, 0.29) is 37.1 Å². The minimum atomic E-state index is -4.64. The number of nitrogens with two attached hydrogens (primary N) is 2. The van der Waals surface area contributed by atoms with Crippen LogP contribution in [0.5, 0.6) is 0 Å². The van der Waals surface area contributed by atoms with Gasteiger partial charge in [0.25, 0.3) is 5.56 Å². The van der Waals surface area contributed by atoms with Gasteiger partial charge in [-0.2, -0.15) is 13.2 Å². The van der Waals surface area contributed by atoms with Crippen molar-refractivity contribution in [3.05, 3.63) is 63.6 Å². The van der Waals surface area contributed by atoms with Gasteiger partial charge in [0.15, 0.2) is 0 Å². The standard InChI is InChI=1S/C19H26N6O5S.C2HF3O/c1-13-5-3-4-6-15(13)12-31(28,29)24-16-8-7-14(2)25(18(16)27)11-17(26)22-9-10-30-23-19(20)21;3-2(4,5)1-6/h3-8,24H,9-12H2,1-2H3,(H,22,26)(H4,20,21,23);1H. The van der Waals surface area contributed by atoms with Gasteiger partial charge in [-0.15, -0.1) is 0 Å². The number of halogens is 3. The van der Waals surface area contributed by atoms with Crippen LogP contribution in [0, 0.1) is 13.8 Å². The minimum absolute atomic E-state index is 0.0380. The largest absolute Gasteiger partial charge is 0.446 e. The Morgan fingerprint density at radius 2 is 1.78 bits per heavy atom. The summed E-state index contributed by atoms with van der Waals surface area (Å²) in [6.45, 7) is 3.32. The molecular formula is C21H27F3N6O6S. The highest BCUT2D eigenvalue weighted by Crippen LogP contribution is 2.14. The highest BCUT2D eigenvalue weighted by Gasteiger charge is 2.25. The molecule has 0 unspecified atom stereocenters. The number of hydrogen-bond acceptors (Lipinski definition) is 7. The summed E-state index contributed by atoms with van der Waals surface area (Å²) < 4.78 is 59.9. The third kappa shape index (κ3) is 11.9. The number of alkyl halides is 3. The number of aromatic nitrogens is 1. The molecule has 0 radical (unpaired) electrons. The lowest BCUT2D eigenvalue weighted by Gasteiger charge is -2.14. The van der Waals surface area contributed by atoms with E-state index in [1.807, 2.05) is 19.1 Å². The van der Waals surface area contributed by atoms with Crippen molar-refractivity contribution in [2.75, 3.05) is 17.9 Å². The Hall–Kier alpha value is -4.08. The van der Waals surface area contributed by atoms with Crippen molar-refractivity contribution in [2.45, 2.75) is 32.3 Å². The third-order valence-electron chi connectivity index (χ3n) is 4.39. The molecular weight excluding hydrogens is 521 g/mol. The van der Waals surface area contributed by atoms with Crippen molar-refractivity contribution in [1.29, 1.82) is 0 Å². The van der Waals surface area contributed by atoms with E-state index in [2.05, 4.69) is 15.2 Å². The van der Waals surface area contributed by atoms with E-state index in [4.69, 9.17) is 21.1 Å². The summed E-state index contributed by atoms with van der Waals surface area (Å²) in [6.07, 6.45) is -5.70. The van der Waals surface area contributed by atoms with Crippen molar-refractivity contribution in [1.82, 2.24) is 9.88 Å². The van der Waals surface area contributed by atoms with Crippen LogP contribution in [-0.4, -0.2) is 50.5 Å². The number of aryl methyl sites for hydroxylation is 2. The van der Waals surface area contributed by atoms with Gasteiger partial charge in [-0.25, -0.2) is 8.42 Å². The number of rotatable bonds is 10. The number of pyridine rings is 1. The maximum Gasteiger partial charge on any atom is 0.446 e. The van der Waals surface area contributed by atoms with Gasteiger partial charge in [0.1, 0.15) is 18.8 Å². The molecule has 0 aliphatic heterocycles. The summed E-state index contributed by atoms with van der Waals surface area (Å²) in [5, 5.41) is 5.87. The molecule has 16 heteroatoms. The molecule has 1 aromatic carbocycles. The number of oxime groups is 1. The number of amides is 1. The Balaban J connectivity index is 0.00000102. The summed E-state index contributed by atoms with van der Waals surface area (Å²) in [7, 11) is -3.83. The smallest absolute Gasteiger partial charge is 0.391 e. The number of guanidine groups is 1. The van der Waals surface area contributed by atoms with Crippen LogP contribution in [-0.2, 0) is 36.7 Å². The van der Waals surface area contributed by atoms with Crippen LogP contribution in [0.2, 0.25) is 0 Å². The maximum absolute atomic E-state index is 12.8. The average Bonchev–Trinajstić information content (AvgIpc) is 2.79. The van der Waals surface area contributed by atoms with Crippen molar-refractivity contribution < 1.29 is 36.0 Å². The molecule has 6 N–H and O–H groups in total. The van der Waals surface area contributed by atoms with E-state index in [9.17, 15) is 31.2 Å². The van der Waals surface area contributed by atoms with Crippen LogP contribution < -0.4 is 27.1 Å². The molecule has 0 saturated heterocycles. The lowest BCUT2D eigenvalue weighted by Crippen LogP contribution is -2.36. The number of aldehydes is 1. The lowest BCUT2D eigenvalue weighted by atomic mass is 10.1. The topological polar surface area (TPSA) is 188 Å². The molecule has 204 valence electrons. The Morgan fingerprint density at radius 1 is 1.16 bits per heavy atom. The van der Waals surface area contributed by atoms with E-state index < -0.39 is 34.0 Å². The first kappa shape index (κ1) is 31.0. The van der Waals surface area contributed by atoms with Crippen molar-refractivity contribution in [3.63, 3.8) is 0 Å². The number of hydrogen-bond donors (Lipinski definition) is 4. The van der Waals surface area contributed by atoms with Crippen LogP contribution >= 0.6 is 0 Å². The van der Waals surface area contributed by atoms with Gasteiger partial charge < -0.3 is 26.2 Å². The average molecular weight is 549 g/mol. The van der Waals surface area contributed by atoms with Crippen LogP contribution in [0.3, 0.4) is 0 Å². The van der Waals surface area contributed by atoms with Gasteiger partial charge in [0.2, 0.25) is 28.2 Å². The molecule has 1 aromatic heterocycles. The molecule has 1 amide bonds. The number of benzene rings is 1. The molecule has 2 aromatic rings. The number of carbonyl (C=O) groups excluding carboxylic acids is 2. The highest BCUT2D eigenvalue weighted by atomic mass is 32.2. The first-order valence-electron chi connectivity index (χ1n) is 10.4. The summed E-state index contributed by atoms with van der Waals surface area (Å²) in [5.74, 6) is -0.975. The second kappa shape index (κ2) is 13.9. The van der Waals surface area contributed by atoms with Crippen LogP contribution in [0.15, 0.2) is 46.3 Å². The molecule has 0 saturated carbocycles. The van der Waals surface area contributed by atoms with Crippen molar-refractivity contribution >= 4 is 33.9 Å². The second-order valence-electron chi connectivity index (χ2n) is 7.43. The lowest BCUT2D eigenvalue weighted by molar-refractivity contribution is -0.156. The van der Waals surface area contributed by atoms with E-state index in [0.29, 0.717) is 11.3 Å². The Labute approximate surface area is 210 Å². The van der Waals surface area contributed by atoms with Gasteiger partial charge in [0, 0.05) is 5.69 Å². The number of anilines is 1. The van der Waals surface area contributed by atoms with Gasteiger partial charge in [-0.1, -0.05) is 24.3 Å². The molecule has 0 aliphatic carbocycles. The molecule has 0 bridgehead atoms. The molecule has 12 nitrogen and oxygen atoms in total. The fraction of sp³-hybridized carbons (Fsp3) is 0.333. The summed E-state index contributed by atoms with van der Waals surface area (Å²) in [4.78, 5) is 38.4. The zero-order valence-electron chi connectivity index (χ0n) is 19.9. The SMILES string of the molecule is Cc1ccccc1CS(=O)(=O)Nc1ccc(C)n(CC(=O)NCCON=C(N)N)c1=O.O=CC(F)(F)F. The number of sulfonamides is 1. The summed E-state index contributed by atoms with van der Waals surface area (Å²) in [6, 6.07) is 10.0. The molecule has 0 aliphatic rings. The van der Waals surface area contributed by atoms with Gasteiger partial charge in [0.05, 0.1) is 12.3 Å². The summed E-state index contributed by atoms with van der Waals surface area (Å²) >= 11 is 0. The van der Waals surface area contributed by atoms with E-state index >= 15 is 0 Å². The molecule has 1 heterocycles. The molecule has 0 spiro atoms. The minimum Gasteiger partial charge on any atom is -0.391 e. The number of nitrogens with one attached hydrogen (secondary N) is 2. The third-order valence-corrected chi connectivity index (χ3v) is 5.61. The fourth-order valence-corrected chi connectivity index (χ4v) is 3.98. The predicted molar refractivity (Wildman–Crippen MR) is 130 cm³/mol. The normalized spacial score (nSPS) is 10.9. The van der Waals surface area contributed by atoms with E-state index in [1.54, 1.807) is 25.1 Å². The molecule has 2 rings (SSSR count). The monoisotopic (exact) mass is 548 g/mol. The highest BCUT2D eigenvalue weighted by molar-refractivity contribution is 7.91. The molecule has 0 atom stereocenters. The van der Waals surface area contributed by atoms with Gasteiger partial charge in [-0.05, 0) is 42.3 Å². The Bertz CT molecular complexity index is 1270. The number of carbonyl (C=O) groups is 2. The maximum atomic E-state index is 12.8. The Morgan fingerprint density at radius 3 is 2.35 bits per heavy atom. The predicted octanol–water partition coefficient (Wildman–Crippen LogP) is 0.476. The van der Waals surface area contributed by atoms with Crippen LogP contribution in [0.25, 0.3) is 0 Å². The van der Waals surface area contributed by atoms with Crippen LogP contribution in [0.4, 0.5) is 18.9 Å². The van der Waals surface area contributed by atoms with Gasteiger partial charge in [-0.3, -0.25) is 19.1 Å². The number of nitrogens with zero attached hydrogens (tertiary/aromatic N) is 2. The quantitative estimate of drug-likeness (QED) is 0.108. The van der Waals surface area contributed by atoms with E-state index in [0.717, 1.165) is 5.56 Å². The summed E-state index contributed by atoms with van der Waals surface area (Å²) in [5.41, 5.74) is 11.4. The van der Waals surface area contributed by atoms with Crippen molar-refractivity contribution in [2.24, 2.45) is 16.6 Å². The van der Waals surface area contributed by atoms with E-state index in [1.165, 1.54) is 10.6 Å². The zero-order valence-corrected chi connectivity index (χ0v) is 20.7. The molecule has 0 fully saturated rings. The Kier molecular flexibility index (Phi) is 11.6. The van der Waals surface area contributed by atoms with Gasteiger partial charge >= 0.3 is 6.18 Å². The van der Waals surface area contributed by atoms with Crippen molar-refractivity contribution in [3.8, 4) is 0 Å². The van der Waals surface area contributed by atoms with Crippen LogP contribution in [0.1, 0.15) is 16.8 Å².